The van der Waals surface area contributed by atoms with Gasteiger partial charge in [-0.1, -0.05) is 231 Å². The Kier molecular flexibility index (Phi) is 10.5. The van der Waals surface area contributed by atoms with Crippen LogP contribution in [0.1, 0.15) is 22.3 Å². The van der Waals surface area contributed by atoms with E-state index >= 15 is 0 Å². The average molecular weight is 1020 g/mol. The zero-order valence-electron chi connectivity index (χ0n) is 43.6. The van der Waals surface area contributed by atoms with Crippen LogP contribution in [-0.2, 0) is 5.41 Å². The molecule has 0 amide bonds. The molecular formula is C77H49NO2. The largest absolute Gasteiger partial charge is 0.456 e. The van der Waals surface area contributed by atoms with Gasteiger partial charge in [0, 0.05) is 49.6 Å². The van der Waals surface area contributed by atoms with Gasteiger partial charge in [-0.05, 0) is 139 Å². The van der Waals surface area contributed by atoms with E-state index in [1.807, 2.05) is 0 Å². The molecule has 0 unspecified atom stereocenters. The monoisotopic (exact) mass is 1020 g/mol. The zero-order valence-corrected chi connectivity index (χ0v) is 43.6. The summed E-state index contributed by atoms with van der Waals surface area (Å²) in [7, 11) is 0. The van der Waals surface area contributed by atoms with Crippen molar-refractivity contribution in [3.8, 4) is 55.6 Å². The van der Waals surface area contributed by atoms with E-state index in [4.69, 9.17) is 8.83 Å². The minimum Gasteiger partial charge on any atom is -0.456 e. The summed E-state index contributed by atoms with van der Waals surface area (Å²) < 4.78 is 13.4. The van der Waals surface area contributed by atoms with Crippen molar-refractivity contribution >= 4 is 71.7 Å². The summed E-state index contributed by atoms with van der Waals surface area (Å²) in [6.07, 6.45) is 0. The average Bonchev–Trinajstić information content (AvgIpc) is 4.37. The second-order valence-corrected chi connectivity index (χ2v) is 21.0. The molecule has 0 N–H and O–H groups in total. The van der Waals surface area contributed by atoms with Gasteiger partial charge in [0.15, 0.2) is 0 Å². The maximum absolute atomic E-state index is 6.74. The van der Waals surface area contributed by atoms with Crippen LogP contribution in [0.5, 0.6) is 0 Å². The second kappa shape index (κ2) is 18.3. The SMILES string of the molecule is c1ccc(-c2ccc(N(c3ccc(-c4c(-c5ccc6oc7ccccc7c6c5-c5cccc6ccccc56)ccc5oc6ccccc6c45)cc3)c3cccc4c3-c3ccccc3C4(c3ccccc3)c3ccccc3)cc2)cc1. The van der Waals surface area contributed by atoms with E-state index < -0.39 is 5.41 Å². The topological polar surface area (TPSA) is 29.5 Å². The van der Waals surface area contributed by atoms with Gasteiger partial charge in [0.2, 0.25) is 0 Å². The molecule has 0 saturated carbocycles. The summed E-state index contributed by atoms with van der Waals surface area (Å²) in [5.41, 5.74) is 22.5. The van der Waals surface area contributed by atoms with E-state index in [0.717, 1.165) is 99.9 Å². The quantitative estimate of drug-likeness (QED) is 0.144. The Morgan fingerprint density at radius 1 is 0.263 bits per heavy atom. The van der Waals surface area contributed by atoms with E-state index in [-0.39, 0.29) is 0 Å². The minimum absolute atomic E-state index is 0.559. The predicted molar refractivity (Wildman–Crippen MR) is 332 cm³/mol. The van der Waals surface area contributed by atoms with Crippen LogP contribution < -0.4 is 4.90 Å². The minimum atomic E-state index is -0.559. The van der Waals surface area contributed by atoms with Gasteiger partial charge in [0.25, 0.3) is 0 Å². The third-order valence-corrected chi connectivity index (χ3v) is 16.8. The number of benzene rings is 13. The molecule has 0 bridgehead atoms. The Bertz CT molecular complexity index is 4820. The van der Waals surface area contributed by atoms with E-state index in [0.29, 0.717) is 0 Å². The summed E-state index contributed by atoms with van der Waals surface area (Å²) >= 11 is 0. The molecule has 0 spiro atoms. The standard InChI is InChI=1S/C77H49NO2/c1-4-20-50(21-5-1)51-38-42-56(43-39-51)78(67-35-19-34-66-74(67)62-29-12-15-33-65(62)77(66,54-24-6-2-7-25-54)55-26-8-3-9-27-55)57-44-40-53(41-45-57)72-60(46-48-70-75(72)63-30-13-16-36-68(63)79-70)61-47-49-71-76(64-31-14-17-37-69(64)80-71)73(61)59-32-18-23-52-22-10-11-28-58(52)59/h1-49H. The molecule has 0 fully saturated rings. The van der Waals surface area contributed by atoms with Crippen molar-refractivity contribution in [2.24, 2.45) is 0 Å². The Labute approximate surface area is 463 Å². The fourth-order valence-electron chi connectivity index (χ4n) is 13.4. The van der Waals surface area contributed by atoms with E-state index in [2.05, 4.69) is 302 Å². The molecule has 16 rings (SSSR count). The molecule has 1 aliphatic carbocycles. The Hall–Kier alpha value is -10.5. The molecule has 0 radical (unpaired) electrons. The van der Waals surface area contributed by atoms with E-state index in [1.165, 1.54) is 49.7 Å². The number of fused-ring (bicyclic) bond motifs is 10. The van der Waals surface area contributed by atoms with Gasteiger partial charge in [0.1, 0.15) is 22.3 Å². The lowest BCUT2D eigenvalue weighted by Gasteiger charge is -2.34. The number of para-hydroxylation sites is 2. The number of furan rings is 2. The normalized spacial score (nSPS) is 12.6. The summed E-state index contributed by atoms with van der Waals surface area (Å²) in [5.74, 6) is 0. The number of rotatable bonds is 9. The molecule has 80 heavy (non-hydrogen) atoms. The van der Waals surface area contributed by atoms with Gasteiger partial charge in [-0.15, -0.1) is 0 Å². The van der Waals surface area contributed by atoms with Crippen LogP contribution in [0.4, 0.5) is 17.1 Å². The van der Waals surface area contributed by atoms with Crippen molar-refractivity contribution in [2.45, 2.75) is 5.41 Å². The fourth-order valence-corrected chi connectivity index (χ4v) is 13.4. The van der Waals surface area contributed by atoms with Crippen molar-refractivity contribution in [2.75, 3.05) is 4.90 Å². The van der Waals surface area contributed by atoms with Crippen LogP contribution in [0.25, 0.3) is 110 Å². The van der Waals surface area contributed by atoms with Gasteiger partial charge >= 0.3 is 0 Å². The van der Waals surface area contributed by atoms with Crippen LogP contribution in [0.2, 0.25) is 0 Å². The molecule has 0 atom stereocenters. The van der Waals surface area contributed by atoms with Crippen molar-refractivity contribution in [3.05, 3.63) is 320 Å². The molecule has 3 nitrogen and oxygen atoms in total. The van der Waals surface area contributed by atoms with Crippen molar-refractivity contribution in [3.63, 3.8) is 0 Å². The lowest BCUT2D eigenvalue weighted by molar-refractivity contribution is 0.668. The van der Waals surface area contributed by atoms with Gasteiger partial charge in [-0.25, -0.2) is 0 Å². The summed E-state index contributed by atoms with van der Waals surface area (Å²) in [6, 6.07) is 108. The van der Waals surface area contributed by atoms with Crippen molar-refractivity contribution in [1.82, 2.24) is 0 Å². The van der Waals surface area contributed by atoms with Crippen LogP contribution in [-0.4, -0.2) is 0 Å². The Balaban J connectivity index is 0.942. The van der Waals surface area contributed by atoms with Crippen LogP contribution in [0.15, 0.2) is 306 Å². The highest BCUT2D eigenvalue weighted by atomic mass is 16.3. The maximum atomic E-state index is 6.74. The Morgan fingerprint density at radius 2 is 0.725 bits per heavy atom. The fraction of sp³-hybridized carbons (Fsp3) is 0.0130. The Morgan fingerprint density at radius 3 is 1.38 bits per heavy atom. The molecule has 1 aliphatic rings. The van der Waals surface area contributed by atoms with Crippen LogP contribution >= 0.6 is 0 Å². The molecule has 3 heteroatoms. The van der Waals surface area contributed by atoms with E-state index in [1.54, 1.807) is 0 Å². The highest BCUT2D eigenvalue weighted by Crippen LogP contribution is 2.60. The predicted octanol–water partition coefficient (Wildman–Crippen LogP) is 21.1. The molecular weight excluding hydrogens is 971 g/mol. The molecule has 2 aromatic heterocycles. The first kappa shape index (κ1) is 45.7. The molecule has 0 saturated heterocycles. The third kappa shape index (κ3) is 6.94. The zero-order chi connectivity index (χ0) is 52.7. The summed E-state index contributed by atoms with van der Waals surface area (Å²) in [4.78, 5) is 2.46. The molecule has 13 aromatic carbocycles. The molecule has 374 valence electrons. The van der Waals surface area contributed by atoms with Crippen molar-refractivity contribution < 1.29 is 8.83 Å². The lowest BCUT2D eigenvalue weighted by Crippen LogP contribution is -2.28. The van der Waals surface area contributed by atoms with Gasteiger partial charge in [0.05, 0.1) is 11.1 Å². The smallest absolute Gasteiger partial charge is 0.136 e. The van der Waals surface area contributed by atoms with Crippen molar-refractivity contribution in [1.29, 1.82) is 0 Å². The van der Waals surface area contributed by atoms with Gasteiger partial charge < -0.3 is 13.7 Å². The van der Waals surface area contributed by atoms with Crippen LogP contribution in [0, 0.1) is 0 Å². The molecule has 0 aliphatic heterocycles. The highest BCUT2D eigenvalue weighted by molar-refractivity contribution is 6.22. The third-order valence-electron chi connectivity index (χ3n) is 16.8. The first-order valence-corrected chi connectivity index (χ1v) is 27.5. The molecule has 15 aromatic rings. The van der Waals surface area contributed by atoms with Gasteiger partial charge in [-0.2, -0.15) is 0 Å². The van der Waals surface area contributed by atoms with E-state index in [9.17, 15) is 0 Å². The molecule has 2 heterocycles. The maximum Gasteiger partial charge on any atom is 0.136 e. The lowest BCUT2D eigenvalue weighted by atomic mass is 9.68. The first-order valence-electron chi connectivity index (χ1n) is 27.5. The first-order chi connectivity index (χ1) is 39.7. The number of anilines is 3. The van der Waals surface area contributed by atoms with Crippen LogP contribution in [0.3, 0.4) is 0 Å². The number of hydrogen-bond acceptors (Lipinski definition) is 3. The highest BCUT2D eigenvalue weighted by Gasteiger charge is 2.47. The second-order valence-electron chi connectivity index (χ2n) is 21.0. The van der Waals surface area contributed by atoms with Gasteiger partial charge in [-0.3, -0.25) is 0 Å². The summed E-state index contributed by atoms with van der Waals surface area (Å²) in [5, 5.41) is 6.71. The number of hydrogen-bond donors (Lipinski definition) is 0. The number of nitrogens with zero attached hydrogens (tertiary/aromatic N) is 1. The summed E-state index contributed by atoms with van der Waals surface area (Å²) in [6.45, 7) is 0.